The lowest BCUT2D eigenvalue weighted by atomic mass is 10.2. The Bertz CT molecular complexity index is 1520. The quantitative estimate of drug-likeness (QED) is 0.333. The molecule has 3 aromatic rings. The number of ether oxygens (including phenoxy) is 1. The van der Waals surface area contributed by atoms with Gasteiger partial charge in [0.1, 0.15) is 0 Å². The van der Waals surface area contributed by atoms with Gasteiger partial charge in [0.2, 0.25) is 20.0 Å². The first kappa shape index (κ1) is 29.1. The molecule has 0 aliphatic carbocycles. The zero-order valence-corrected chi connectivity index (χ0v) is 23.5. The minimum atomic E-state index is -3.89. The fourth-order valence-corrected chi connectivity index (χ4v) is 7.09. The molecule has 0 radical (unpaired) electrons. The summed E-state index contributed by atoms with van der Waals surface area (Å²) in [6.07, 6.45) is 1.40. The number of rotatable bonds is 12. The Labute approximate surface area is 221 Å². The Kier molecular flexibility index (Phi) is 9.78. The summed E-state index contributed by atoms with van der Waals surface area (Å²) >= 11 is 1.15. The molecule has 0 fully saturated rings. The molecule has 1 aromatic heterocycles. The van der Waals surface area contributed by atoms with Crippen molar-refractivity contribution >= 4 is 47.5 Å². The average Bonchev–Trinajstić information content (AvgIpc) is 3.19. The van der Waals surface area contributed by atoms with E-state index in [1.54, 1.807) is 10.6 Å². The standard InChI is InChI=1S/C24H32N4O6S3/c1-4-13-27(14-5-2)37(32,33)19-9-7-18(8-10-19)23(29)26-24-28(15-16-34-6-3)21-12-11-20(36(25,30)31)17-22(21)35-24/h7-12,17H,4-6,13-16H2,1-3H3,(H2,25,30,31). The SMILES string of the molecule is CCCN(CCC)S(=O)(=O)c1ccc(C(=O)N=c2sc3cc(S(N)(=O)=O)ccc3n2CCOCC)cc1. The first-order valence-electron chi connectivity index (χ1n) is 12.0. The van der Waals surface area contributed by atoms with E-state index in [2.05, 4.69) is 4.99 Å². The molecule has 202 valence electrons. The molecule has 37 heavy (non-hydrogen) atoms. The monoisotopic (exact) mass is 568 g/mol. The highest BCUT2D eigenvalue weighted by atomic mass is 32.2. The molecule has 0 aliphatic rings. The number of nitrogens with zero attached hydrogens (tertiary/aromatic N) is 3. The van der Waals surface area contributed by atoms with E-state index in [0.29, 0.717) is 60.7 Å². The lowest BCUT2D eigenvalue weighted by Gasteiger charge is -2.21. The Morgan fingerprint density at radius 2 is 1.62 bits per heavy atom. The fraction of sp³-hybridized carbons (Fsp3) is 0.417. The lowest BCUT2D eigenvalue weighted by Crippen LogP contribution is -2.32. The molecule has 0 aliphatic heterocycles. The van der Waals surface area contributed by atoms with Crippen molar-refractivity contribution in [3.63, 3.8) is 0 Å². The maximum atomic E-state index is 13.0. The van der Waals surface area contributed by atoms with Gasteiger partial charge in [0.25, 0.3) is 5.91 Å². The third-order valence-electron chi connectivity index (χ3n) is 5.53. The van der Waals surface area contributed by atoms with Gasteiger partial charge in [-0.25, -0.2) is 22.0 Å². The summed E-state index contributed by atoms with van der Waals surface area (Å²) in [5.74, 6) is -0.550. The number of carbonyl (C=O) groups is 1. The number of hydrogen-bond donors (Lipinski definition) is 1. The number of benzene rings is 2. The number of fused-ring (bicyclic) bond motifs is 1. The highest BCUT2D eigenvalue weighted by Gasteiger charge is 2.23. The van der Waals surface area contributed by atoms with Crippen LogP contribution in [0.25, 0.3) is 10.2 Å². The predicted octanol–water partition coefficient (Wildman–Crippen LogP) is 2.94. The number of primary sulfonamides is 1. The van der Waals surface area contributed by atoms with E-state index in [1.165, 1.54) is 40.7 Å². The largest absolute Gasteiger partial charge is 0.380 e. The topological polar surface area (TPSA) is 141 Å². The van der Waals surface area contributed by atoms with Crippen molar-refractivity contribution in [2.75, 3.05) is 26.3 Å². The van der Waals surface area contributed by atoms with E-state index >= 15 is 0 Å². The third kappa shape index (κ3) is 6.92. The molecule has 0 bridgehead atoms. The molecule has 10 nitrogen and oxygen atoms in total. The van der Waals surface area contributed by atoms with E-state index in [9.17, 15) is 21.6 Å². The smallest absolute Gasteiger partial charge is 0.279 e. The fourth-order valence-electron chi connectivity index (χ4n) is 3.75. The average molecular weight is 569 g/mol. The van der Waals surface area contributed by atoms with Crippen LogP contribution in [0.5, 0.6) is 0 Å². The van der Waals surface area contributed by atoms with E-state index in [4.69, 9.17) is 9.88 Å². The number of carbonyl (C=O) groups excluding carboxylic acids is 1. The first-order valence-corrected chi connectivity index (χ1v) is 15.8. The van der Waals surface area contributed by atoms with Crippen LogP contribution in [0.4, 0.5) is 0 Å². The van der Waals surface area contributed by atoms with Gasteiger partial charge in [0.05, 0.1) is 26.6 Å². The van der Waals surface area contributed by atoms with Gasteiger partial charge in [-0.15, -0.1) is 0 Å². The molecule has 2 aromatic carbocycles. The van der Waals surface area contributed by atoms with E-state index in [0.717, 1.165) is 11.3 Å². The molecular formula is C24H32N4O6S3. The maximum Gasteiger partial charge on any atom is 0.279 e. The van der Waals surface area contributed by atoms with Gasteiger partial charge in [-0.1, -0.05) is 25.2 Å². The second-order valence-corrected chi connectivity index (χ2v) is 12.8. The highest BCUT2D eigenvalue weighted by Crippen LogP contribution is 2.22. The van der Waals surface area contributed by atoms with Gasteiger partial charge < -0.3 is 9.30 Å². The maximum absolute atomic E-state index is 13.0. The molecular weight excluding hydrogens is 536 g/mol. The predicted molar refractivity (Wildman–Crippen MR) is 143 cm³/mol. The van der Waals surface area contributed by atoms with Crippen molar-refractivity contribution in [1.82, 2.24) is 8.87 Å². The van der Waals surface area contributed by atoms with Crippen molar-refractivity contribution in [3.8, 4) is 0 Å². The van der Waals surface area contributed by atoms with Gasteiger partial charge in [-0.05, 0) is 62.2 Å². The van der Waals surface area contributed by atoms with Crippen LogP contribution in [0.1, 0.15) is 44.0 Å². The molecule has 0 saturated carbocycles. The zero-order chi connectivity index (χ0) is 27.2. The van der Waals surface area contributed by atoms with Crippen molar-refractivity contribution < 1.29 is 26.4 Å². The second-order valence-electron chi connectivity index (χ2n) is 8.25. The van der Waals surface area contributed by atoms with Crippen LogP contribution < -0.4 is 9.94 Å². The van der Waals surface area contributed by atoms with Crippen molar-refractivity contribution in [3.05, 3.63) is 52.8 Å². The van der Waals surface area contributed by atoms with Crippen LogP contribution in [0.3, 0.4) is 0 Å². The molecule has 1 amide bonds. The minimum Gasteiger partial charge on any atom is -0.380 e. The van der Waals surface area contributed by atoms with Crippen LogP contribution in [-0.4, -0.2) is 57.9 Å². The summed E-state index contributed by atoms with van der Waals surface area (Å²) < 4.78 is 58.9. The zero-order valence-electron chi connectivity index (χ0n) is 21.1. The number of nitrogens with two attached hydrogens (primary N) is 1. The van der Waals surface area contributed by atoms with Crippen LogP contribution in [0, 0.1) is 0 Å². The normalized spacial score (nSPS) is 13.1. The summed E-state index contributed by atoms with van der Waals surface area (Å²) in [5.41, 5.74) is 0.924. The van der Waals surface area contributed by atoms with Crippen LogP contribution >= 0.6 is 11.3 Å². The molecule has 2 N–H and O–H groups in total. The van der Waals surface area contributed by atoms with Crippen LogP contribution in [-0.2, 0) is 31.3 Å². The van der Waals surface area contributed by atoms with Gasteiger partial charge in [0, 0.05) is 31.8 Å². The lowest BCUT2D eigenvalue weighted by molar-refractivity contribution is 0.0996. The number of aromatic nitrogens is 1. The van der Waals surface area contributed by atoms with Crippen LogP contribution in [0.15, 0.2) is 57.2 Å². The Balaban J connectivity index is 1.99. The van der Waals surface area contributed by atoms with Gasteiger partial charge >= 0.3 is 0 Å². The van der Waals surface area contributed by atoms with Gasteiger partial charge in [-0.3, -0.25) is 4.79 Å². The first-order chi connectivity index (χ1) is 17.5. The summed E-state index contributed by atoms with van der Waals surface area (Å²) in [4.78, 5) is 17.7. The Hall–Kier alpha value is -2.42. The Morgan fingerprint density at radius 1 is 1.00 bits per heavy atom. The summed E-state index contributed by atoms with van der Waals surface area (Å²) in [6, 6.07) is 10.2. The van der Waals surface area contributed by atoms with Crippen LogP contribution in [0.2, 0.25) is 0 Å². The molecule has 0 unspecified atom stereocenters. The van der Waals surface area contributed by atoms with Crippen molar-refractivity contribution in [1.29, 1.82) is 0 Å². The molecule has 3 rings (SSSR count). The molecule has 0 spiro atoms. The summed E-state index contributed by atoms with van der Waals surface area (Å²) in [7, 11) is -7.56. The number of hydrogen-bond acceptors (Lipinski definition) is 7. The van der Waals surface area contributed by atoms with Crippen molar-refractivity contribution in [2.45, 2.75) is 49.9 Å². The summed E-state index contributed by atoms with van der Waals surface area (Å²) in [5, 5.41) is 5.27. The Morgan fingerprint density at radius 3 is 2.19 bits per heavy atom. The number of sulfonamides is 2. The van der Waals surface area contributed by atoms with Crippen molar-refractivity contribution in [2.24, 2.45) is 10.1 Å². The number of thiazole rings is 1. The molecule has 0 atom stereocenters. The number of amides is 1. The van der Waals surface area contributed by atoms with Gasteiger partial charge in [0.15, 0.2) is 4.80 Å². The van der Waals surface area contributed by atoms with E-state index < -0.39 is 26.0 Å². The second kappa shape index (κ2) is 12.4. The van der Waals surface area contributed by atoms with Gasteiger partial charge in [-0.2, -0.15) is 9.30 Å². The van der Waals surface area contributed by atoms with E-state index in [-0.39, 0.29) is 15.4 Å². The molecule has 1 heterocycles. The van der Waals surface area contributed by atoms with E-state index in [1.807, 2.05) is 20.8 Å². The minimum absolute atomic E-state index is 0.0342. The molecule has 13 heteroatoms. The summed E-state index contributed by atoms with van der Waals surface area (Å²) in [6.45, 7) is 7.86. The molecule has 0 saturated heterocycles. The highest BCUT2D eigenvalue weighted by molar-refractivity contribution is 7.89. The third-order valence-corrected chi connectivity index (χ3v) is 9.39.